The molecule has 0 spiro atoms. The van der Waals surface area contributed by atoms with Crippen LogP contribution in [0.25, 0.3) is 0 Å². The third-order valence-corrected chi connectivity index (χ3v) is 8.83. The number of amides is 1. The quantitative estimate of drug-likeness (QED) is 0.317. The number of carbonyl (C=O) groups is 1. The van der Waals surface area contributed by atoms with Gasteiger partial charge in [-0.2, -0.15) is 5.26 Å². The van der Waals surface area contributed by atoms with E-state index in [1.54, 1.807) is 11.3 Å². The highest BCUT2D eigenvalue weighted by molar-refractivity contribution is 7.99. The minimum absolute atomic E-state index is 0.154. The second-order valence-electron chi connectivity index (χ2n) is 8.83. The van der Waals surface area contributed by atoms with E-state index in [9.17, 15) is 10.1 Å². The highest BCUT2D eigenvalue weighted by Crippen LogP contribution is 2.37. The zero-order valence-electron chi connectivity index (χ0n) is 20.8. The van der Waals surface area contributed by atoms with Gasteiger partial charge in [0, 0.05) is 16.4 Å². The van der Waals surface area contributed by atoms with Crippen molar-refractivity contribution in [3.63, 3.8) is 0 Å². The van der Waals surface area contributed by atoms with E-state index in [-0.39, 0.29) is 17.8 Å². The molecule has 7 nitrogen and oxygen atoms in total. The molecule has 1 unspecified atom stereocenters. The van der Waals surface area contributed by atoms with Crippen LogP contribution in [-0.4, -0.2) is 26.4 Å². The van der Waals surface area contributed by atoms with Crippen molar-refractivity contribution in [1.29, 1.82) is 5.26 Å². The van der Waals surface area contributed by atoms with Crippen molar-refractivity contribution in [1.82, 2.24) is 14.8 Å². The molecule has 0 saturated carbocycles. The predicted octanol–water partition coefficient (Wildman–Crippen LogP) is 6.72. The average Bonchev–Trinajstić information content (AvgIpc) is 3.40. The molecule has 3 aromatic rings. The fraction of sp³-hybridized carbons (Fsp3) is 0.462. The molecule has 1 aromatic carbocycles. The Morgan fingerprint density at radius 1 is 1.31 bits per heavy atom. The summed E-state index contributed by atoms with van der Waals surface area (Å²) in [4.78, 5) is 14.1. The van der Waals surface area contributed by atoms with Gasteiger partial charge in [-0.25, -0.2) is 0 Å². The number of halogens is 1. The molecule has 0 saturated heterocycles. The first kappa shape index (κ1) is 26.5. The Hall–Kier alpha value is -2.54. The van der Waals surface area contributed by atoms with Gasteiger partial charge in [-0.15, -0.1) is 21.5 Å². The summed E-state index contributed by atoms with van der Waals surface area (Å²) in [6.07, 6.45) is 6.22. The summed E-state index contributed by atoms with van der Waals surface area (Å²) >= 11 is 9.01. The highest BCUT2D eigenvalue weighted by Gasteiger charge is 2.22. The molecule has 1 N–H and O–H groups in total. The molecule has 2 heterocycles. The van der Waals surface area contributed by atoms with Crippen molar-refractivity contribution in [2.24, 2.45) is 0 Å². The topological polar surface area (TPSA) is 92.8 Å². The van der Waals surface area contributed by atoms with E-state index in [1.807, 2.05) is 43.5 Å². The van der Waals surface area contributed by atoms with E-state index in [0.717, 1.165) is 36.8 Å². The third kappa shape index (κ3) is 6.05. The number of ether oxygens (including phenoxy) is 1. The normalized spacial score (nSPS) is 14.3. The fourth-order valence-electron chi connectivity index (χ4n) is 4.37. The number of fused-ring (bicyclic) bond motifs is 1. The number of benzene rings is 1. The molecule has 1 aliphatic rings. The Kier molecular flexibility index (Phi) is 8.94. The van der Waals surface area contributed by atoms with E-state index in [1.165, 1.54) is 29.5 Å². The minimum atomic E-state index is -0.329. The smallest absolute Gasteiger partial charge is 0.235 e. The average molecular weight is 544 g/mol. The number of nitriles is 1. The number of anilines is 1. The van der Waals surface area contributed by atoms with Crippen LogP contribution < -0.4 is 10.1 Å². The number of nitrogens with zero attached hydrogens (tertiary/aromatic N) is 4. The van der Waals surface area contributed by atoms with Crippen molar-refractivity contribution < 1.29 is 9.53 Å². The lowest BCUT2D eigenvalue weighted by Gasteiger charge is -2.16. The highest BCUT2D eigenvalue weighted by atomic mass is 35.5. The maximum absolute atomic E-state index is 12.8. The molecule has 1 atom stereocenters. The van der Waals surface area contributed by atoms with Gasteiger partial charge in [-0.05, 0) is 75.8 Å². The lowest BCUT2D eigenvalue weighted by molar-refractivity contribution is -0.113. The number of rotatable bonds is 8. The van der Waals surface area contributed by atoms with Crippen LogP contribution in [0.5, 0.6) is 5.75 Å². The summed E-state index contributed by atoms with van der Waals surface area (Å²) in [5.41, 5.74) is 2.71. The molecule has 1 amide bonds. The molecular formula is C26H30ClN5O2S2. The number of thiophene rings is 1. The molecule has 0 fully saturated rings. The van der Waals surface area contributed by atoms with Crippen molar-refractivity contribution in [2.75, 3.05) is 11.1 Å². The Morgan fingerprint density at radius 2 is 2.08 bits per heavy atom. The molecule has 0 aliphatic heterocycles. The number of aryl methyl sites for hydroxylation is 2. The van der Waals surface area contributed by atoms with Crippen LogP contribution in [0.4, 0.5) is 5.00 Å². The lowest BCUT2D eigenvalue weighted by Crippen LogP contribution is -2.15. The summed E-state index contributed by atoms with van der Waals surface area (Å²) in [6, 6.07) is 7.88. The largest absolute Gasteiger partial charge is 0.483 e. The fourth-order valence-corrected chi connectivity index (χ4v) is 6.55. The Morgan fingerprint density at radius 3 is 2.81 bits per heavy atom. The molecule has 1 aliphatic carbocycles. The van der Waals surface area contributed by atoms with Crippen LogP contribution in [0.2, 0.25) is 5.02 Å². The summed E-state index contributed by atoms with van der Waals surface area (Å²) in [5.74, 6) is 1.43. The second kappa shape index (κ2) is 12.1. The Labute approximate surface area is 225 Å². The van der Waals surface area contributed by atoms with Crippen molar-refractivity contribution in [3.05, 3.63) is 50.6 Å². The molecule has 2 aromatic heterocycles. The van der Waals surface area contributed by atoms with Gasteiger partial charge in [0.15, 0.2) is 17.1 Å². The Bertz CT molecular complexity index is 1280. The monoisotopic (exact) mass is 543 g/mol. The van der Waals surface area contributed by atoms with Gasteiger partial charge in [-0.3, -0.25) is 4.79 Å². The number of hydrogen-bond donors (Lipinski definition) is 1. The number of thioether (sulfide) groups is 1. The van der Waals surface area contributed by atoms with Gasteiger partial charge < -0.3 is 14.6 Å². The van der Waals surface area contributed by atoms with E-state index in [4.69, 9.17) is 16.3 Å². The summed E-state index contributed by atoms with van der Waals surface area (Å²) in [5, 5.41) is 23.4. The first-order valence-corrected chi connectivity index (χ1v) is 14.4. The van der Waals surface area contributed by atoms with Gasteiger partial charge >= 0.3 is 0 Å². The zero-order valence-corrected chi connectivity index (χ0v) is 23.2. The van der Waals surface area contributed by atoms with Gasteiger partial charge in [0.25, 0.3) is 0 Å². The standard InChI is InChI=1S/C26H30ClN5O2S2/c1-4-32-24(17(3)34-18-11-12-21(27)16(2)13-18)30-31-26(32)35-15-23(33)29-25-20(14-28)19-9-7-5-6-8-10-22(19)36-25/h11-13,17H,4-10,15H2,1-3H3,(H,29,33). The number of carbonyl (C=O) groups excluding carboxylic acids is 1. The Balaban J connectivity index is 1.41. The second-order valence-corrected chi connectivity index (χ2v) is 11.3. The number of aromatic nitrogens is 3. The van der Waals surface area contributed by atoms with E-state index >= 15 is 0 Å². The molecule has 0 radical (unpaired) electrons. The minimum Gasteiger partial charge on any atom is -0.483 e. The van der Waals surface area contributed by atoms with Crippen LogP contribution in [0.1, 0.15) is 73.0 Å². The molecule has 4 rings (SSSR count). The summed E-state index contributed by atoms with van der Waals surface area (Å²) < 4.78 is 8.04. The van der Waals surface area contributed by atoms with E-state index in [2.05, 4.69) is 21.6 Å². The molecule has 36 heavy (non-hydrogen) atoms. The molecule has 0 bridgehead atoms. The maximum Gasteiger partial charge on any atom is 0.235 e. The number of hydrogen-bond acceptors (Lipinski definition) is 7. The van der Waals surface area contributed by atoms with Gasteiger partial charge in [-0.1, -0.05) is 36.2 Å². The van der Waals surface area contributed by atoms with Gasteiger partial charge in [0.2, 0.25) is 5.91 Å². The van der Waals surface area contributed by atoms with Crippen LogP contribution >= 0.6 is 34.7 Å². The third-order valence-electron chi connectivity index (χ3n) is 6.24. The van der Waals surface area contributed by atoms with Crippen molar-refractivity contribution in [3.8, 4) is 11.8 Å². The molecular weight excluding hydrogens is 514 g/mol. The van der Waals surface area contributed by atoms with Crippen LogP contribution in [0.3, 0.4) is 0 Å². The van der Waals surface area contributed by atoms with E-state index in [0.29, 0.717) is 38.9 Å². The van der Waals surface area contributed by atoms with Gasteiger partial charge in [0.05, 0.1) is 11.3 Å². The van der Waals surface area contributed by atoms with E-state index < -0.39 is 0 Å². The first-order chi connectivity index (χ1) is 17.4. The predicted molar refractivity (Wildman–Crippen MR) is 145 cm³/mol. The first-order valence-electron chi connectivity index (χ1n) is 12.2. The lowest BCUT2D eigenvalue weighted by atomic mass is 9.97. The SMILES string of the molecule is CCn1c(SCC(=O)Nc2sc3c(c2C#N)CCCCCC3)nnc1C(C)Oc1ccc(Cl)c(C)c1. The van der Waals surface area contributed by atoms with Crippen molar-refractivity contribution in [2.45, 2.75) is 77.1 Å². The number of nitrogens with one attached hydrogen (secondary N) is 1. The summed E-state index contributed by atoms with van der Waals surface area (Å²) in [6.45, 7) is 6.52. The molecule has 10 heteroatoms. The van der Waals surface area contributed by atoms with Crippen LogP contribution in [0.15, 0.2) is 23.4 Å². The van der Waals surface area contributed by atoms with Crippen LogP contribution in [-0.2, 0) is 24.2 Å². The van der Waals surface area contributed by atoms with Crippen molar-refractivity contribution >= 4 is 45.6 Å². The molecule has 190 valence electrons. The zero-order chi connectivity index (χ0) is 25.7. The van der Waals surface area contributed by atoms with Crippen LogP contribution in [0, 0.1) is 18.3 Å². The summed E-state index contributed by atoms with van der Waals surface area (Å²) in [7, 11) is 0. The maximum atomic E-state index is 12.8. The van der Waals surface area contributed by atoms with Gasteiger partial charge in [0.1, 0.15) is 16.8 Å².